The van der Waals surface area contributed by atoms with E-state index < -0.39 is 0 Å². The average molecular weight is 298 g/mol. The van der Waals surface area contributed by atoms with Crippen molar-refractivity contribution in [3.63, 3.8) is 0 Å². The van der Waals surface area contributed by atoms with Crippen LogP contribution in [0.25, 0.3) is 0 Å². The van der Waals surface area contributed by atoms with Crippen LogP contribution >= 0.6 is 0 Å². The second kappa shape index (κ2) is 6.04. The summed E-state index contributed by atoms with van der Waals surface area (Å²) >= 11 is 0. The van der Waals surface area contributed by atoms with Crippen molar-refractivity contribution in [2.45, 2.75) is 38.5 Å². The minimum atomic E-state index is 0.251. The Morgan fingerprint density at radius 2 is 1.68 bits per heavy atom. The second-order valence-corrected chi connectivity index (χ2v) is 7.24. The Balaban J connectivity index is 1.49. The summed E-state index contributed by atoms with van der Waals surface area (Å²) in [4.78, 5) is 15.0. The van der Waals surface area contributed by atoms with Crippen LogP contribution in [0.2, 0.25) is 0 Å². The average Bonchev–Trinajstić information content (AvgIpc) is 2.92. The number of rotatable bonds is 1. The Morgan fingerprint density at radius 1 is 1.00 bits per heavy atom. The molecule has 2 fully saturated rings. The maximum absolute atomic E-state index is 12.9. The lowest BCUT2D eigenvalue weighted by atomic mass is 9.90. The first-order chi connectivity index (χ1) is 10.8. The fourth-order valence-corrected chi connectivity index (χ4v) is 4.47. The van der Waals surface area contributed by atoms with Gasteiger partial charge in [-0.3, -0.25) is 4.79 Å². The Morgan fingerprint density at radius 3 is 2.41 bits per heavy atom. The number of aryl methyl sites for hydroxylation is 2. The topological polar surface area (TPSA) is 32.3 Å². The van der Waals surface area contributed by atoms with Crippen molar-refractivity contribution in [2.24, 2.45) is 11.8 Å². The van der Waals surface area contributed by atoms with Crippen LogP contribution in [0, 0.1) is 11.8 Å². The molecule has 0 radical (unpaired) electrons. The molecule has 22 heavy (non-hydrogen) atoms. The number of hydrogen-bond acceptors (Lipinski definition) is 2. The van der Waals surface area contributed by atoms with E-state index in [0.29, 0.717) is 0 Å². The van der Waals surface area contributed by atoms with E-state index in [4.69, 9.17) is 0 Å². The van der Waals surface area contributed by atoms with Gasteiger partial charge in [0.25, 0.3) is 5.91 Å². The molecule has 4 rings (SSSR count). The number of carbonyl (C=O) groups excluding carboxylic acids is 1. The highest BCUT2D eigenvalue weighted by molar-refractivity contribution is 5.94. The zero-order valence-electron chi connectivity index (χ0n) is 13.3. The Hall–Kier alpha value is -1.35. The number of hydrogen-bond donors (Lipinski definition) is 1. The summed E-state index contributed by atoms with van der Waals surface area (Å²) in [5, 5.41) is 3.50. The number of carbonyl (C=O) groups is 1. The largest absolute Gasteiger partial charge is 0.339 e. The van der Waals surface area contributed by atoms with Crippen LogP contribution in [0.4, 0.5) is 0 Å². The molecule has 1 amide bonds. The van der Waals surface area contributed by atoms with Gasteiger partial charge in [0.2, 0.25) is 0 Å². The fourth-order valence-electron chi connectivity index (χ4n) is 4.47. The van der Waals surface area contributed by atoms with Gasteiger partial charge < -0.3 is 10.2 Å². The van der Waals surface area contributed by atoms with E-state index in [9.17, 15) is 4.79 Å². The van der Waals surface area contributed by atoms with E-state index in [2.05, 4.69) is 28.4 Å². The van der Waals surface area contributed by atoms with Crippen LogP contribution in [0.1, 0.15) is 47.2 Å². The molecule has 1 aromatic carbocycles. The van der Waals surface area contributed by atoms with Gasteiger partial charge in [-0.2, -0.15) is 0 Å². The highest BCUT2D eigenvalue weighted by Crippen LogP contribution is 2.28. The summed E-state index contributed by atoms with van der Waals surface area (Å²) in [5.41, 5.74) is 3.78. The molecule has 0 unspecified atom stereocenters. The van der Waals surface area contributed by atoms with Crippen LogP contribution in [0.15, 0.2) is 18.2 Å². The molecule has 2 heterocycles. The molecule has 1 N–H and O–H groups in total. The third-order valence-corrected chi connectivity index (χ3v) is 5.90. The molecule has 0 spiro atoms. The molecule has 118 valence electrons. The van der Waals surface area contributed by atoms with Crippen molar-refractivity contribution in [1.29, 1.82) is 0 Å². The van der Waals surface area contributed by atoms with Crippen LogP contribution in [0.5, 0.6) is 0 Å². The van der Waals surface area contributed by atoms with Gasteiger partial charge in [-0.1, -0.05) is 6.07 Å². The number of amides is 1. The van der Waals surface area contributed by atoms with Gasteiger partial charge in [0, 0.05) is 18.7 Å². The molecule has 0 aromatic heterocycles. The van der Waals surface area contributed by atoms with Gasteiger partial charge in [-0.25, -0.2) is 0 Å². The minimum Gasteiger partial charge on any atom is -0.339 e. The zero-order chi connectivity index (χ0) is 14.9. The van der Waals surface area contributed by atoms with E-state index in [1.165, 1.54) is 30.4 Å². The van der Waals surface area contributed by atoms with Crippen LogP contribution in [-0.2, 0) is 12.8 Å². The summed E-state index contributed by atoms with van der Waals surface area (Å²) in [6.45, 7) is 4.15. The first-order valence-corrected chi connectivity index (χ1v) is 8.93. The smallest absolute Gasteiger partial charge is 0.253 e. The highest BCUT2D eigenvalue weighted by Gasteiger charge is 2.31. The molecular formula is C19H26N2O. The number of fused-ring (bicyclic) bond motifs is 2. The Kier molecular flexibility index (Phi) is 3.91. The van der Waals surface area contributed by atoms with Crippen molar-refractivity contribution in [3.05, 3.63) is 34.9 Å². The maximum Gasteiger partial charge on any atom is 0.253 e. The summed E-state index contributed by atoms with van der Waals surface area (Å²) in [7, 11) is 0. The van der Waals surface area contributed by atoms with Crippen LogP contribution in [-0.4, -0.2) is 37.0 Å². The Bertz CT molecular complexity index is 555. The molecule has 2 aliphatic heterocycles. The summed E-state index contributed by atoms with van der Waals surface area (Å²) in [6.07, 6.45) is 7.22. The molecular weight excluding hydrogens is 272 g/mol. The molecule has 2 saturated heterocycles. The standard InChI is InChI=1S/C19H26N2O/c22-19(16-6-5-14-3-1-2-4-15(14)11-16)21-9-7-17-12-20-13-18(17)8-10-21/h5-6,11,17-18,20H,1-4,7-10,12-13H2/t17-,18+. The van der Waals surface area contributed by atoms with Crippen molar-refractivity contribution in [3.8, 4) is 0 Å². The van der Waals surface area contributed by atoms with Gasteiger partial charge in [-0.05, 0) is 86.7 Å². The molecule has 1 aromatic rings. The van der Waals surface area contributed by atoms with Gasteiger partial charge in [0.05, 0.1) is 0 Å². The lowest BCUT2D eigenvalue weighted by Crippen LogP contribution is -2.32. The van der Waals surface area contributed by atoms with Gasteiger partial charge in [0.15, 0.2) is 0 Å². The summed E-state index contributed by atoms with van der Waals surface area (Å²) in [6, 6.07) is 6.42. The van der Waals surface area contributed by atoms with E-state index in [0.717, 1.165) is 62.8 Å². The van der Waals surface area contributed by atoms with Gasteiger partial charge in [-0.15, -0.1) is 0 Å². The van der Waals surface area contributed by atoms with Crippen LogP contribution < -0.4 is 5.32 Å². The fraction of sp³-hybridized carbons (Fsp3) is 0.632. The van der Waals surface area contributed by atoms with E-state index in [1.54, 1.807) is 0 Å². The summed E-state index contributed by atoms with van der Waals surface area (Å²) in [5.74, 6) is 1.81. The Labute approximate surface area is 133 Å². The zero-order valence-corrected chi connectivity index (χ0v) is 13.3. The first kappa shape index (κ1) is 14.3. The predicted octanol–water partition coefficient (Wildman–Crippen LogP) is 2.64. The highest BCUT2D eigenvalue weighted by atomic mass is 16.2. The summed E-state index contributed by atoms with van der Waals surface area (Å²) < 4.78 is 0. The number of nitrogens with one attached hydrogen (secondary N) is 1. The second-order valence-electron chi connectivity index (χ2n) is 7.24. The number of nitrogens with zero attached hydrogens (tertiary/aromatic N) is 1. The van der Waals surface area contributed by atoms with Crippen LogP contribution in [0.3, 0.4) is 0 Å². The predicted molar refractivity (Wildman–Crippen MR) is 88.1 cm³/mol. The van der Waals surface area contributed by atoms with E-state index >= 15 is 0 Å². The van der Waals surface area contributed by atoms with Crippen molar-refractivity contribution >= 4 is 5.91 Å². The molecule has 3 heteroatoms. The van der Waals surface area contributed by atoms with Crippen molar-refractivity contribution in [1.82, 2.24) is 10.2 Å². The van der Waals surface area contributed by atoms with Gasteiger partial charge in [0.1, 0.15) is 0 Å². The lowest BCUT2D eigenvalue weighted by molar-refractivity contribution is 0.0758. The first-order valence-electron chi connectivity index (χ1n) is 8.93. The molecule has 3 aliphatic rings. The molecule has 1 aliphatic carbocycles. The normalized spacial score (nSPS) is 27.9. The molecule has 0 saturated carbocycles. The van der Waals surface area contributed by atoms with Gasteiger partial charge >= 0.3 is 0 Å². The number of benzene rings is 1. The third kappa shape index (κ3) is 2.67. The molecule has 0 bridgehead atoms. The van der Waals surface area contributed by atoms with E-state index in [-0.39, 0.29) is 5.91 Å². The maximum atomic E-state index is 12.9. The monoisotopic (exact) mass is 298 g/mol. The SMILES string of the molecule is O=C(c1ccc2c(c1)CCCC2)N1CC[C@@H]2CNC[C@@H]2CC1. The minimum absolute atomic E-state index is 0.251. The molecule has 2 atom stereocenters. The molecule has 3 nitrogen and oxygen atoms in total. The lowest BCUT2D eigenvalue weighted by Gasteiger charge is -2.22. The third-order valence-electron chi connectivity index (χ3n) is 5.90. The number of likely N-dealkylation sites (tertiary alicyclic amines) is 1. The van der Waals surface area contributed by atoms with Crippen molar-refractivity contribution in [2.75, 3.05) is 26.2 Å². The quantitative estimate of drug-likeness (QED) is 0.864. The van der Waals surface area contributed by atoms with E-state index in [1.807, 2.05) is 0 Å². The van der Waals surface area contributed by atoms with Crippen molar-refractivity contribution < 1.29 is 4.79 Å².